The maximum atomic E-state index is 14.9. The van der Waals surface area contributed by atoms with Crippen LogP contribution in [0.25, 0.3) is 11.1 Å². The number of thioether (sulfide) groups is 1. The lowest BCUT2D eigenvalue weighted by atomic mass is 9.98. The number of amides is 1. The first-order valence-electron chi connectivity index (χ1n) is 24.8. The highest BCUT2D eigenvalue weighted by Crippen LogP contribution is 2.34. The van der Waals surface area contributed by atoms with Gasteiger partial charge in [-0.25, -0.2) is 4.39 Å². The van der Waals surface area contributed by atoms with E-state index < -0.39 is 184 Å². The average molecular weight is 702 g/mol. The molecule has 11 heteroatoms. The Labute approximate surface area is 312 Å². The Bertz CT molecular complexity index is 2770. The molecule has 0 saturated heterocycles. The molecule has 1 aromatic heterocycles. The number of aromatic nitrogens is 2. The fourth-order valence-corrected chi connectivity index (χ4v) is 5.07. The molecule has 1 aliphatic rings. The van der Waals surface area contributed by atoms with Gasteiger partial charge in [-0.3, -0.25) is 9.59 Å². The minimum atomic E-state index is -5.23. The third kappa shape index (κ3) is 8.54. The summed E-state index contributed by atoms with van der Waals surface area (Å²) in [6.07, 6.45) is -16.0. The van der Waals surface area contributed by atoms with Crippen molar-refractivity contribution in [3.05, 3.63) is 116 Å². The Hall–Kier alpha value is -3.96. The zero-order valence-electron chi connectivity index (χ0n) is 46.6. The van der Waals surface area contributed by atoms with Crippen LogP contribution in [0.15, 0.2) is 76.4 Å². The van der Waals surface area contributed by atoms with E-state index in [1.807, 2.05) is 0 Å². The van der Waals surface area contributed by atoms with Gasteiger partial charge in [0.05, 0.1) is 23.4 Å². The van der Waals surface area contributed by atoms with E-state index in [0.29, 0.717) is 9.47 Å². The van der Waals surface area contributed by atoms with E-state index >= 15 is 0 Å². The Morgan fingerprint density at radius 3 is 2.33 bits per heavy atom. The van der Waals surface area contributed by atoms with E-state index in [4.69, 9.17) is 26.0 Å². The summed E-state index contributed by atoms with van der Waals surface area (Å²) in [5.41, 5.74) is -14.4. The number of benzene rings is 3. The number of hydrogen-bond acceptors (Lipinski definition) is 5. The van der Waals surface area contributed by atoms with Gasteiger partial charge in [0.15, 0.2) is 5.16 Å². The fraction of sp³-hybridized carbons (Fsp3) is 0.378. The van der Waals surface area contributed by atoms with Crippen molar-refractivity contribution in [2.24, 2.45) is 0 Å². The summed E-state index contributed by atoms with van der Waals surface area (Å²) in [5.74, 6) is -3.21. The Morgan fingerprint density at radius 2 is 1.67 bits per heavy atom. The standard InChI is InChI=1S/C37H40F4N4O2S/c1-4-43(5-2)19-20-44(22-26-9-13-28(14-10-26)29-15-18-32(25(3)21-29)37(39,40)41)34(46)23-45-33-8-6-7-31(33)35(47)42-36(45)48-24-27-11-16-30(38)17-12-27/h9-18,21H,4-8,19-20,22-24H2,1-3H3/i6D2,7D2,8D2,9D,10D,11D,12D,13D,14D,15D,16D,17D,18D,21D,22D2,24D2. The van der Waals surface area contributed by atoms with Crippen molar-refractivity contribution < 1.29 is 51.1 Å². The van der Waals surface area contributed by atoms with Gasteiger partial charge in [0.25, 0.3) is 5.56 Å². The molecule has 0 unspecified atom stereocenters. The second-order valence-electron chi connectivity index (χ2n) is 9.96. The van der Waals surface area contributed by atoms with Crippen LogP contribution >= 0.6 is 11.8 Å². The summed E-state index contributed by atoms with van der Waals surface area (Å²) >= 11 is -0.288. The van der Waals surface area contributed by atoms with Gasteiger partial charge in [-0.05, 0) is 85.1 Å². The molecule has 5 rings (SSSR count). The van der Waals surface area contributed by atoms with E-state index in [1.165, 1.54) is 0 Å². The van der Waals surface area contributed by atoms with Crippen molar-refractivity contribution in [2.45, 2.75) is 70.0 Å². The Balaban J connectivity index is 1.80. The van der Waals surface area contributed by atoms with E-state index in [9.17, 15) is 29.9 Å². The number of carbonyl (C=O) groups excluding carboxylic acids is 1. The van der Waals surface area contributed by atoms with Crippen LogP contribution in [0.3, 0.4) is 0 Å². The molecule has 1 amide bonds. The van der Waals surface area contributed by atoms with Crippen LogP contribution in [0.1, 0.15) is 82.5 Å². The molecule has 254 valence electrons. The van der Waals surface area contributed by atoms with Crippen molar-refractivity contribution in [2.75, 3.05) is 26.2 Å². The summed E-state index contributed by atoms with van der Waals surface area (Å²) < 4.78 is 237. The summed E-state index contributed by atoms with van der Waals surface area (Å²) in [5, 5.41) is -1.11. The molecule has 0 N–H and O–H groups in total. The highest BCUT2D eigenvalue weighted by molar-refractivity contribution is 7.98. The molecule has 48 heavy (non-hydrogen) atoms. The number of hydrogen-bond donors (Lipinski definition) is 0. The van der Waals surface area contributed by atoms with Crippen molar-refractivity contribution in [3.63, 3.8) is 0 Å². The van der Waals surface area contributed by atoms with E-state index in [1.54, 1.807) is 18.7 Å². The molecule has 0 bridgehead atoms. The summed E-state index contributed by atoms with van der Waals surface area (Å²) in [6.45, 7) is -1.35. The molecule has 0 spiro atoms. The molecule has 4 aromatic rings. The highest BCUT2D eigenvalue weighted by Gasteiger charge is 2.32. The SMILES string of the molecule is [2H]c1c([2H])c(C([2H])([2H])Sc2nc(=O)c3c(n2CC(=O)N(CCN(CC)CC)C([2H])([2H])c2c([2H])c([2H])c(-c4c([2H])c([2H])c(C(F)(F)F)c(C)c4[2H])c([2H])c2[2H])C([2H])([2H])C([2H])([2H])C3([2H])[2H])c([2H])c([2H])c1F. The molecule has 0 aliphatic heterocycles. The van der Waals surface area contributed by atoms with Crippen LogP contribution in [0, 0.1) is 12.7 Å². The predicted molar refractivity (Wildman–Crippen MR) is 181 cm³/mol. The maximum Gasteiger partial charge on any atom is 0.416 e. The Kier molecular flexibility index (Phi) is 5.53. The summed E-state index contributed by atoms with van der Waals surface area (Å²) in [7, 11) is 0. The average Bonchev–Trinajstić information content (AvgIpc) is 3.34. The number of nitrogens with zero attached hydrogens (tertiary/aromatic N) is 4. The lowest BCUT2D eigenvalue weighted by Gasteiger charge is -2.28. The van der Waals surface area contributed by atoms with Gasteiger partial charge in [0, 0.05) is 47.5 Å². The molecule has 0 radical (unpaired) electrons. The number of fused-ring (bicyclic) bond motifs is 1. The highest BCUT2D eigenvalue weighted by atomic mass is 32.2. The topological polar surface area (TPSA) is 58.4 Å². The van der Waals surface area contributed by atoms with Gasteiger partial charge in [0.2, 0.25) is 5.91 Å². The largest absolute Gasteiger partial charge is 0.416 e. The third-order valence-corrected chi connectivity index (χ3v) is 7.69. The molecule has 6 nitrogen and oxygen atoms in total. The lowest BCUT2D eigenvalue weighted by Crippen LogP contribution is -2.40. The third-order valence-electron chi connectivity index (χ3n) is 6.89. The zero-order chi connectivity index (χ0) is 53.0. The molecular formula is C37H40F4N4O2S. The predicted octanol–water partition coefficient (Wildman–Crippen LogP) is 7.53. The molecular weight excluding hydrogens is 640 g/mol. The fourth-order valence-electron chi connectivity index (χ4n) is 4.38. The number of likely N-dealkylation sites (N-methyl/N-ethyl adjacent to an activating group) is 1. The molecule has 0 fully saturated rings. The second-order valence-corrected chi connectivity index (χ2v) is 10.7. The normalized spacial score (nSPS) is 22.9. The van der Waals surface area contributed by atoms with Crippen LogP contribution in [-0.2, 0) is 42.5 Å². The van der Waals surface area contributed by atoms with E-state index in [0.717, 1.165) is 6.92 Å². The molecule has 1 heterocycles. The van der Waals surface area contributed by atoms with E-state index in [2.05, 4.69) is 4.98 Å². The summed E-state index contributed by atoms with van der Waals surface area (Å²) in [6, 6.07) is -14.0. The Morgan fingerprint density at radius 1 is 1.00 bits per heavy atom. The van der Waals surface area contributed by atoms with Crippen molar-refractivity contribution >= 4 is 17.7 Å². The minimum absolute atomic E-state index is 0.232. The second kappa shape index (κ2) is 15.5. The van der Waals surface area contributed by atoms with Gasteiger partial charge >= 0.3 is 6.18 Å². The van der Waals surface area contributed by atoms with Crippen molar-refractivity contribution in [1.82, 2.24) is 19.4 Å². The lowest BCUT2D eigenvalue weighted by molar-refractivity contribution is -0.138. The minimum Gasteiger partial charge on any atom is -0.336 e. The van der Waals surface area contributed by atoms with Gasteiger partial charge in [-0.1, -0.05) is 73.9 Å². The first kappa shape index (κ1) is 17.1. The van der Waals surface area contributed by atoms with Gasteiger partial charge in [-0.2, -0.15) is 18.2 Å². The maximum absolute atomic E-state index is 14.9. The van der Waals surface area contributed by atoms with Crippen LogP contribution in [0.4, 0.5) is 17.6 Å². The number of alkyl halides is 3. The molecule has 0 atom stereocenters. The number of halogens is 4. The van der Waals surface area contributed by atoms with Crippen LogP contribution in [-0.4, -0.2) is 51.4 Å². The van der Waals surface area contributed by atoms with Gasteiger partial charge < -0.3 is 14.4 Å². The van der Waals surface area contributed by atoms with Crippen LogP contribution < -0.4 is 5.56 Å². The number of rotatable bonds is 13. The van der Waals surface area contributed by atoms with Crippen molar-refractivity contribution in [3.8, 4) is 11.1 Å². The number of carbonyl (C=O) groups is 1. The van der Waals surface area contributed by atoms with Gasteiger partial charge in [-0.15, -0.1) is 0 Å². The monoisotopic (exact) mass is 701 g/mol. The van der Waals surface area contributed by atoms with Crippen molar-refractivity contribution in [1.29, 1.82) is 0 Å². The summed E-state index contributed by atoms with van der Waals surface area (Å²) in [4.78, 5) is 34.2. The zero-order valence-corrected chi connectivity index (χ0v) is 26.4. The molecule has 1 aliphatic carbocycles. The smallest absolute Gasteiger partial charge is 0.336 e. The first-order chi connectivity index (χ1) is 31.3. The molecule has 3 aromatic carbocycles. The van der Waals surface area contributed by atoms with Crippen LogP contribution in [0.5, 0.6) is 0 Å². The first-order valence-corrected chi connectivity index (χ1v) is 15.1. The molecule has 0 saturated carbocycles. The van der Waals surface area contributed by atoms with E-state index in [-0.39, 0.29) is 31.4 Å². The van der Waals surface area contributed by atoms with Gasteiger partial charge in [0.1, 0.15) is 12.4 Å². The quantitative estimate of drug-likeness (QED) is 0.0820. The van der Waals surface area contributed by atoms with Crippen LogP contribution in [0.2, 0.25) is 0 Å².